The molecule has 4 nitrogen and oxygen atoms in total. The van der Waals surface area contributed by atoms with Crippen LogP contribution in [0.3, 0.4) is 0 Å². The highest BCUT2D eigenvalue weighted by molar-refractivity contribution is 5.98. The Hall–Kier alpha value is -1.68. The topological polar surface area (TPSA) is 58.2 Å². The number of hydrogen-bond acceptors (Lipinski definition) is 3. The summed E-state index contributed by atoms with van der Waals surface area (Å²) in [6.45, 7) is 2.41. The van der Waals surface area contributed by atoms with Crippen molar-refractivity contribution in [1.29, 1.82) is 0 Å². The molecule has 1 aromatic carbocycles. The number of piperidine rings is 1. The van der Waals surface area contributed by atoms with Crippen LogP contribution in [-0.4, -0.2) is 24.3 Å². The molecule has 1 atom stereocenters. The van der Waals surface area contributed by atoms with E-state index in [2.05, 4.69) is 10.6 Å². The third kappa shape index (κ3) is 3.17. The van der Waals surface area contributed by atoms with Crippen molar-refractivity contribution in [3.05, 3.63) is 29.8 Å². The van der Waals surface area contributed by atoms with Gasteiger partial charge in [0.15, 0.2) is 5.78 Å². The third-order valence-electron chi connectivity index (χ3n) is 3.16. The Bertz CT molecular complexity index is 451. The molecule has 18 heavy (non-hydrogen) atoms. The predicted molar refractivity (Wildman–Crippen MR) is 70.7 cm³/mol. The minimum absolute atomic E-state index is 0.00175. The van der Waals surface area contributed by atoms with Gasteiger partial charge >= 0.3 is 0 Å². The van der Waals surface area contributed by atoms with Crippen LogP contribution in [0.25, 0.3) is 0 Å². The molecule has 2 N–H and O–H groups in total. The molecular weight excluding hydrogens is 228 g/mol. The molecule has 1 amide bonds. The quantitative estimate of drug-likeness (QED) is 0.802. The molecule has 1 aliphatic heterocycles. The van der Waals surface area contributed by atoms with Crippen molar-refractivity contribution in [1.82, 2.24) is 5.32 Å². The molecule has 1 saturated heterocycles. The van der Waals surface area contributed by atoms with E-state index < -0.39 is 0 Å². The summed E-state index contributed by atoms with van der Waals surface area (Å²) < 4.78 is 0. The van der Waals surface area contributed by atoms with Crippen molar-refractivity contribution in [2.75, 3.05) is 11.9 Å². The Labute approximate surface area is 107 Å². The summed E-state index contributed by atoms with van der Waals surface area (Å²) in [6.07, 6.45) is 3.08. The van der Waals surface area contributed by atoms with Crippen molar-refractivity contribution in [2.45, 2.75) is 32.2 Å². The van der Waals surface area contributed by atoms with Crippen LogP contribution in [0.2, 0.25) is 0 Å². The van der Waals surface area contributed by atoms with E-state index in [1.165, 1.54) is 6.92 Å². The van der Waals surface area contributed by atoms with Crippen LogP contribution in [0.1, 0.15) is 36.5 Å². The average molecular weight is 246 g/mol. The lowest BCUT2D eigenvalue weighted by atomic mass is 10.0. The standard InChI is InChI=1S/C14H18N2O2/c1-10(17)11-5-4-6-12(9-11)16-14(18)13-7-2-3-8-15-13/h4-6,9,13,15H,2-3,7-8H2,1H3,(H,16,18)/t13-/m1/s1. The highest BCUT2D eigenvalue weighted by Gasteiger charge is 2.20. The van der Waals surface area contributed by atoms with Crippen LogP contribution in [0, 0.1) is 0 Å². The number of Topliss-reactive ketones (excluding diaryl/α,β-unsaturated/α-hetero) is 1. The first kappa shape index (κ1) is 12.8. The van der Waals surface area contributed by atoms with Gasteiger partial charge in [-0.1, -0.05) is 18.6 Å². The van der Waals surface area contributed by atoms with Crippen LogP contribution in [-0.2, 0) is 4.79 Å². The van der Waals surface area contributed by atoms with Crippen LogP contribution in [0.15, 0.2) is 24.3 Å². The van der Waals surface area contributed by atoms with E-state index in [0.717, 1.165) is 25.8 Å². The normalized spacial score (nSPS) is 19.3. The molecule has 4 heteroatoms. The number of ketones is 1. The van der Waals surface area contributed by atoms with Crippen LogP contribution >= 0.6 is 0 Å². The summed E-state index contributed by atoms with van der Waals surface area (Å²) in [5.74, 6) is -0.0164. The lowest BCUT2D eigenvalue weighted by Gasteiger charge is -2.22. The number of anilines is 1. The summed E-state index contributed by atoms with van der Waals surface area (Å²) in [6, 6.07) is 6.92. The van der Waals surface area contributed by atoms with E-state index in [9.17, 15) is 9.59 Å². The summed E-state index contributed by atoms with van der Waals surface area (Å²) in [4.78, 5) is 23.3. The zero-order valence-corrected chi connectivity index (χ0v) is 10.5. The third-order valence-corrected chi connectivity index (χ3v) is 3.16. The number of carbonyl (C=O) groups is 2. The molecule has 0 aromatic heterocycles. The Balaban J connectivity index is 2.02. The smallest absolute Gasteiger partial charge is 0.241 e. The zero-order chi connectivity index (χ0) is 13.0. The maximum atomic E-state index is 12.0. The minimum atomic E-state index is -0.111. The molecule has 0 radical (unpaired) electrons. The second-order valence-electron chi connectivity index (χ2n) is 4.63. The maximum Gasteiger partial charge on any atom is 0.241 e. The minimum Gasteiger partial charge on any atom is -0.325 e. The average Bonchev–Trinajstić information content (AvgIpc) is 2.40. The SMILES string of the molecule is CC(=O)c1cccc(NC(=O)[C@H]2CCCCN2)c1. The number of nitrogens with one attached hydrogen (secondary N) is 2. The summed E-state index contributed by atoms with van der Waals surface area (Å²) in [5.41, 5.74) is 1.30. The van der Waals surface area contributed by atoms with Gasteiger partial charge in [-0.2, -0.15) is 0 Å². The van der Waals surface area contributed by atoms with Gasteiger partial charge in [-0.15, -0.1) is 0 Å². The molecule has 1 aromatic rings. The van der Waals surface area contributed by atoms with Crippen LogP contribution in [0.4, 0.5) is 5.69 Å². The first-order valence-electron chi connectivity index (χ1n) is 6.32. The first-order valence-corrected chi connectivity index (χ1v) is 6.32. The van der Waals surface area contributed by atoms with Crippen molar-refractivity contribution < 1.29 is 9.59 Å². The van der Waals surface area contributed by atoms with Gasteiger partial charge in [-0.25, -0.2) is 0 Å². The van der Waals surface area contributed by atoms with Gasteiger partial charge < -0.3 is 10.6 Å². The fourth-order valence-electron chi connectivity index (χ4n) is 2.12. The molecule has 1 aliphatic rings. The lowest BCUT2D eigenvalue weighted by Crippen LogP contribution is -2.43. The molecule has 0 aliphatic carbocycles. The van der Waals surface area contributed by atoms with E-state index in [1.54, 1.807) is 24.3 Å². The van der Waals surface area contributed by atoms with E-state index in [0.29, 0.717) is 11.3 Å². The molecule has 0 saturated carbocycles. The van der Waals surface area contributed by atoms with Gasteiger partial charge in [-0.05, 0) is 38.4 Å². The Morgan fingerprint density at radius 2 is 2.17 bits per heavy atom. The number of hydrogen-bond donors (Lipinski definition) is 2. The van der Waals surface area contributed by atoms with Crippen molar-refractivity contribution in [3.8, 4) is 0 Å². The van der Waals surface area contributed by atoms with Crippen molar-refractivity contribution in [2.24, 2.45) is 0 Å². The highest BCUT2D eigenvalue weighted by Crippen LogP contribution is 2.13. The second kappa shape index (κ2) is 5.78. The lowest BCUT2D eigenvalue weighted by molar-refractivity contribution is -0.118. The molecule has 1 heterocycles. The van der Waals surface area contributed by atoms with Crippen molar-refractivity contribution in [3.63, 3.8) is 0 Å². The summed E-state index contributed by atoms with van der Waals surface area (Å²) in [7, 11) is 0. The van der Waals surface area contributed by atoms with E-state index >= 15 is 0 Å². The van der Waals surface area contributed by atoms with Gasteiger partial charge in [-0.3, -0.25) is 9.59 Å². The van der Waals surface area contributed by atoms with E-state index in [-0.39, 0.29) is 17.7 Å². The predicted octanol–water partition coefficient (Wildman–Crippen LogP) is 1.97. The Kier molecular flexibility index (Phi) is 4.10. The van der Waals surface area contributed by atoms with Crippen LogP contribution in [0.5, 0.6) is 0 Å². The van der Waals surface area contributed by atoms with Gasteiger partial charge in [0, 0.05) is 11.3 Å². The number of rotatable bonds is 3. The Morgan fingerprint density at radius 1 is 1.33 bits per heavy atom. The van der Waals surface area contributed by atoms with E-state index in [4.69, 9.17) is 0 Å². The molecule has 96 valence electrons. The van der Waals surface area contributed by atoms with Gasteiger partial charge in [0.25, 0.3) is 0 Å². The monoisotopic (exact) mass is 246 g/mol. The number of carbonyl (C=O) groups excluding carboxylic acids is 2. The largest absolute Gasteiger partial charge is 0.325 e. The molecule has 0 bridgehead atoms. The van der Waals surface area contributed by atoms with Gasteiger partial charge in [0.2, 0.25) is 5.91 Å². The van der Waals surface area contributed by atoms with E-state index in [1.807, 2.05) is 0 Å². The number of benzene rings is 1. The molecule has 0 spiro atoms. The Morgan fingerprint density at radius 3 is 2.83 bits per heavy atom. The molecular formula is C14H18N2O2. The fraction of sp³-hybridized carbons (Fsp3) is 0.429. The maximum absolute atomic E-state index is 12.0. The van der Waals surface area contributed by atoms with Crippen molar-refractivity contribution >= 4 is 17.4 Å². The van der Waals surface area contributed by atoms with Gasteiger partial charge in [0.1, 0.15) is 0 Å². The molecule has 2 rings (SSSR count). The first-order chi connectivity index (χ1) is 8.66. The summed E-state index contributed by atoms with van der Waals surface area (Å²) in [5, 5.41) is 6.05. The highest BCUT2D eigenvalue weighted by atomic mass is 16.2. The second-order valence-corrected chi connectivity index (χ2v) is 4.63. The fourth-order valence-corrected chi connectivity index (χ4v) is 2.12. The van der Waals surface area contributed by atoms with Crippen LogP contribution < -0.4 is 10.6 Å². The molecule has 1 fully saturated rings. The zero-order valence-electron chi connectivity index (χ0n) is 10.5. The number of amides is 1. The summed E-state index contributed by atoms with van der Waals surface area (Å²) >= 11 is 0. The molecule has 0 unspecified atom stereocenters. The van der Waals surface area contributed by atoms with Gasteiger partial charge in [0.05, 0.1) is 6.04 Å².